The Morgan fingerprint density at radius 1 is 0.812 bits per heavy atom. The van der Waals surface area contributed by atoms with Gasteiger partial charge in [0.1, 0.15) is 0 Å². The summed E-state index contributed by atoms with van der Waals surface area (Å²) in [5.41, 5.74) is 0. The Morgan fingerprint density at radius 2 is 1.19 bits per heavy atom. The van der Waals surface area contributed by atoms with Crippen molar-refractivity contribution in [2.24, 2.45) is 0 Å². The first-order valence-corrected chi connectivity index (χ1v) is 6.72. The highest BCUT2D eigenvalue weighted by Gasteiger charge is 2.08. The zero-order valence-electron chi connectivity index (χ0n) is 10.5. The first-order valence-electron chi connectivity index (χ1n) is 6.72. The first-order chi connectivity index (χ1) is 7.79. The highest BCUT2D eigenvalue weighted by Crippen LogP contribution is 2.12. The highest BCUT2D eigenvalue weighted by atomic mass is 16.7. The van der Waals surface area contributed by atoms with E-state index < -0.39 is 0 Å². The number of carbonyl (C=O) groups excluding carboxylic acids is 1. The molecule has 16 heavy (non-hydrogen) atoms. The van der Waals surface area contributed by atoms with Gasteiger partial charge in [0.05, 0.1) is 0 Å². The van der Waals surface area contributed by atoms with Crippen LogP contribution in [0.2, 0.25) is 0 Å². The summed E-state index contributed by atoms with van der Waals surface area (Å²) in [7, 11) is 0. The number of hydrogen-bond acceptors (Lipinski definition) is 3. The maximum absolute atomic E-state index is 10.9. The van der Waals surface area contributed by atoms with Gasteiger partial charge in [-0.15, -0.1) is 5.06 Å². The second kappa shape index (κ2) is 8.57. The highest BCUT2D eigenvalue weighted by molar-refractivity contribution is 5.65. The third-order valence-corrected chi connectivity index (χ3v) is 3.07. The Hall–Kier alpha value is -0.570. The molecule has 0 radical (unpaired) electrons. The minimum Gasteiger partial charge on any atom is -0.368 e. The molecule has 0 N–H and O–H groups in total. The molecule has 0 aromatic heterocycles. The molecule has 0 spiro atoms. The predicted molar refractivity (Wildman–Crippen MR) is 64.9 cm³/mol. The molecule has 0 bridgehead atoms. The molecule has 3 heteroatoms. The van der Waals surface area contributed by atoms with Crippen molar-refractivity contribution in [1.29, 1.82) is 0 Å². The fourth-order valence-electron chi connectivity index (χ4n) is 2.20. The summed E-state index contributed by atoms with van der Waals surface area (Å²) in [5.74, 6) is -0.188. The summed E-state index contributed by atoms with van der Waals surface area (Å²) in [6.07, 6.45) is 11.6. The minimum atomic E-state index is -0.188. The van der Waals surface area contributed by atoms with E-state index in [0.717, 1.165) is 25.9 Å². The van der Waals surface area contributed by atoms with E-state index in [1.54, 1.807) is 0 Å². The quantitative estimate of drug-likeness (QED) is 0.688. The molecule has 0 aromatic carbocycles. The van der Waals surface area contributed by atoms with E-state index in [4.69, 9.17) is 4.84 Å². The van der Waals surface area contributed by atoms with E-state index in [9.17, 15) is 4.79 Å². The molecule has 1 fully saturated rings. The maximum Gasteiger partial charge on any atom is 0.322 e. The van der Waals surface area contributed by atoms with Gasteiger partial charge >= 0.3 is 5.97 Å². The fourth-order valence-corrected chi connectivity index (χ4v) is 2.20. The topological polar surface area (TPSA) is 29.5 Å². The van der Waals surface area contributed by atoms with Crippen LogP contribution in [0.4, 0.5) is 0 Å². The number of carbonyl (C=O) groups is 1. The van der Waals surface area contributed by atoms with E-state index in [2.05, 4.69) is 0 Å². The van der Waals surface area contributed by atoms with Crippen molar-refractivity contribution in [3.8, 4) is 0 Å². The summed E-state index contributed by atoms with van der Waals surface area (Å²) in [4.78, 5) is 16.1. The minimum absolute atomic E-state index is 0.188. The second-order valence-electron chi connectivity index (χ2n) is 4.69. The van der Waals surface area contributed by atoms with Crippen molar-refractivity contribution in [3.05, 3.63) is 0 Å². The molecule has 1 saturated heterocycles. The largest absolute Gasteiger partial charge is 0.368 e. The fraction of sp³-hybridized carbons (Fsp3) is 0.923. The standard InChI is InChI=1S/C13H25NO2/c1-13(15)16-14-11-9-7-5-3-2-4-6-8-10-12-14/h2-12H2,1H3. The molecule has 0 amide bonds. The average molecular weight is 227 g/mol. The Bertz CT molecular complexity index is 182. The van der Waals surface area contributed by atoms with Crippen LogP contribution in [0, 0.1) is 0 Å². The lowest BCUT2D eigenvalue weighted by Crippen LogP contribution is -2.28. The van der Waals surface area contributed by atoms with Crippen LogP contribution in [0.5, 0.6) is 0 Å². The molecule has 1 heterocycles. The Kier molecular flexibility index (Phi) is 7.23. The van der Waals surface area contributed by atoms with Crippen molar-refractivity contribution >= 4 is 5.97 Å². The molecule has 94 valence electrons. The molecule has 0 saturated carbocycles. The molecule has 0 atom stereocenters. The van der Waals surface area contributed by atoms with Crippen molar-refractivity contribution in [2.45, 2.75) is 64.7 Å². The lowest BCUT2D eigenvalue weighted by molar-refractivity contribution is -0.188. The molecule has 0 aromatic rings. The SMILES string of the molecule is CC(=O)ON1CCCCCCCCCCC1. The van der Waals surface area contributed by atoms with Gasteiger partial charge in [-0.05, 0) is 12.8 Å². The van der Waals surface area contributed by atoms with Crippen molar-refractivity contribution in [2.75, 3.05) is 13.1 Å². The van der Waals surface area contributed by atoms with Crippen LogP contribution in [0.25, 0.3) is 0 Å². The Balaban J connectivity index is 2.27. The third kappa shape index (κ3) is 6.83. The van der Waals surface area contributed by atoms with E-state index >= 15 is 0 Å². The molecule has 1 rings (SSSR count). The third-order valence-electron chi connectivity index (χ3n) is 3.07. The summed E-state index contributed by atoms with van der Waals surface area (Å²) >= 11 is 0. The van der Waals surface area contributed by atoms with Crippen LogP contribution >= 0.6 is 0 Å². The van der Waals surface area contributed by atoms with Crippen LogP contribution in [0.15, 0.2) is 0 Å². The van der Waals surface area contributed by atoms with Gasteiger partial charge in [0.2, 0.25) is 0 Å². The molecule has 0 aliphatic carbocycles. The maximum atomic E-state index is 10.9. The van der Waals surface area contributed by atoms with Gasteiger partial charge in [-0.3, -0.25) is 4.79 Å². The van der Waals surface area contributed by atoms with Crippen LogP contribution in [-0.2, 0) is 9.63 Å². The van der Waals surface area contributed by atoms with Gasteiger partial charge in [-0.25, -0.2) is 0 Å². The lowest BCUT2D eigenvalue weighted by atomic mass is 10.1. The van der Waals surface area contributed by atoms with Gasteiger partial charge in [0.15, 0.2) is 0 Å². The summed E-state index contributed by atoms with van der Waals surface area (Å²) in [6.45, 7) is 3.29. The lowest BCUT2D eigenvalue weighted by Gasteiger charge is -2.20. The zero-order valence-corrected chi connectivity index (χ0v) is 10.5. The van der Waals surface area contributed by atoms with Crippen molar-refractivity contribution in [3.63, 3.8) is 0 Å². The van der Waals surface area contributed by atoms with Crippen LogP contribution in [0.3, 0.4) is 0 Å². The van der Waals surface area contributed by atoms with Crippen LogP contribution in [0.1, 0.15) is 64.7 Å². The summed E-state index contributed by atoms with van der Waals surface area (Å²) in [6, 6.07) is 0. The molecular weight excluding hydrogens is 202 g/mol. The molecule has 1 aliphatic rings. The van der Waals surface area contributed by atoms with Gasteiger partial charge in [-0.2, -0.15) is 0 Å². The van der Waals surface area contributed by atoms with Crippen LogP contribution in [-0.4, -0.2) is 24.1 Å². The van der Waals surface area contributed by atoms with E-state index in [1.165, 1.54) is 51.9 Å². The monoisotopic (exact) mass is 227 g/mol. The number of hydrogen-bond donors (Lipinski definition) is 0. The van der Waals surface area contributed by atoms with Gasteiger partial charge in [0, 0.05) is 20.0 Å². The Morgan fingerprint density at radius 3 is 1.56 bits per heavy atom. The van der Waals surface area contributed by atoms with Gasteiger partial charge in [-0.1, -0.05) is 44.9 Å². The normalized spacial score (nSPS) is 21.8. The first kappa shape index (κ1) is 13.5. The number of hydroxylamine groups is 2. The molecule has 0 unspecified atom stereocenters. The Labute approximate surface area is 99.1 Å². The number of nitrogens with zero attached hydrogens (tertiary/aromatic N) is 1. The second-order valence-corrected chi connectivity index (χ2v) is 4.69. The number of rotatable bonds is 1. The molecule has 3 nitrogen and oxygen atoms in total. The van der Waals surface area contributed by atoms with Gasteiger partial charge < -0.3 is 4.84 Å². The van der Waals surface area contributed by atoms with E-state index in [-0.39, 0.29) is 5.97 Å². The average Bonchev–Trinajstić information content (AvgIpc) is 2.21. The van der Waals surface area contributed by atoms with E-state index in [0.29, 0.717) is 0 Å². The smallest absolute Gasteiger partial charge is 0.322 e. The van der Waals surface area contributed by atoms with Crippen LogP contribution < -0.4 is 0 Å². The molecule has 1 aliphatic heterocycles. The van der Waals surface area contributed by atoms with Gasteiger partial charge in [0.25, 0.3) is 0 Å². The summed E-state index contributed by atoms with van der Waals surface area (Å²) < 4.78 is 0. The molecular formula is C13H25NO2. The summed E-state index contributed by atoms with van der Waals surface area (Å²) in [5, 5.41) is 1.85. The predicted octanol–water partition coefficient (Wildman–Crippen LogP) is 3.29. The van der Waals surface area contributed by atoms with E-state index in [1.807, 2.05) is 5.06 Å². The zero-order chi connectivity index (χ0) is 11.6. The van der Waals surface area contributed by atoms with Crippen molar-refractivity contribution in [1.82, 2.24) is 5.06 Å². The van der Waals surface area contributed by atoms with Crippen molar-refractivity contribution < 1.29 is 9.63 Å².